The van der Waals surface area contributed by atoms with Crippen molar-refractivity contribution in [1.82, 2.24) is 0 Å². The van der Waals surface area contributed by atoms with Crippen molar-refractivity contribution in [1.29, 1.82) is 0 Å². The molecule has 1 aromatic rings. The van der Waals surface area contributed by atoms with Gasteiger partial charge in [0.2, 0.25) is 0 Å². The molecule has 13 heavy (non-hydrogen) atoms. The molecule has 0 aliphatic carbocycles. The lowest BCUT2D eigenvalue weighted by molar-refractivity contribution is 0.158. The van der Waals surface area contributed by atoms with Crippen LogP contribution in [-0.4, -0.2) is 25.3 Å². The van der Waals surface area contributed by atoms with Crippen LogP contribution < -0.4 is 0 Å². The first-order valence-corrected chi connectivity index (χ1v) is 5.31. The van der Waals surface area contributed by atoms with E-state index in [0.717, 1.165) is 13.2 Å². The van der Waals surface area contributed by atoms with Crippen molar-refractivity contribution in [3.63, 3.8) is 0 Å². The molecule has 0 N–H and O–H groups in total. The van der Waals surface area contributed by atoms with Crippen LogP contribution in [0.3, 0.4) is 0 Å². The second-order valence-electron chi connectivity index (χ2n) is 2.90. The molecule has 0 unspecified atom stereocenters. The highest BCUT2D eigenvalue weighted by molar-refractivity contribution is 7.99. The van der Waals surface area contributed by atoms with Crippen molar-refractivity contribution in [3.8, 4) is 0 Å². The Hall–Kier alpha value is -0.510. The van der Waals surface area contributed by atoms with Crippen molar-refractivity contribution in [2.45, 2.75) is 11.0 Å². The van der Waals surface area contributed by atoms with E-state index in [0.29, 0.717) is 12.0 Å². The van der Waals surface area contributed by atoms with Crippen molar-refractivity contribution >= 4 is 11.8 Å². The molecule has 0 radical (unpaired) electrons. The molecular formula is C10H12O2S. The van der Waals surface area contributed by atoms with Crippen molar-refractivity contribution < 1.29 is 9.47 Å². The van der Waals surface area contributed by atoms with Gasteiger partial charge < -0.3 is 9.47 Å². The van der Waals surface area contributed by atoms with Gasteiger partial charge in [-0.3, -0.25) is 0 Å². The summed E-state index contributed by atoms with van der Waals surface area (Å²) >= 11 is 1.71. The maximum Gasteiger partial charge on any atom is 0.104 e. The SMILES string of the molecule is c1ccc(SCOC[C@@H]2CO2)cc1. The zero-order valence-corrected chi connectivity index (χ0v) is 8.13. The number of hydrogen-bond donors (Lipinski definition) is 0. The summed E-state index contributed by atoms with van der Waals surface area (Å²) in [6.07, 6.45) is 0.372. The average molecular weight is 196 g/mol. The Kier molecular flexibility index (Phi) is 3.24. The van der Waals surface area contributed by atoms with Gasteiger partial charge >= 0.3 is 0 Å². The first-order valence-electron chi connectivity index (χ1n) is 4.32. The molecule has 70 valence electrons. The highest BCUT2D eigenvalue weighted by Crippen LogP contribution is 2.17. The summed E-state index contributed by atoms with van der Waals surface area (Å²) in [5.74, 6) is 0.712. The largest absolute Gasteiger partial charge is 0.371 e. The maximum atomic E-state index is 5.40. The van der Waals surface area contributed by atoms with Crippen LogP contribution in [0.5, 0.6) is 0 Å². The van der Waals surface area contributed by atoms with E-state index in [9.17, 15) is 0 Å². The van der Waals surface area contributed by atoms with E-state index in [2.05, 4.69) is 12.1 Å². The molecule has 0 bridgehead atoms. The normalized spacial score (nSPS) is 20.2. The summed E-state index contributed by atoms with van der Waals surface area (Å²) in [6, 6.07) is 10.3. The van der Waals surface area contributed by atoms with Gasteiger partial charge in [0.1, 0.15) is 6.10 Å². The van der Waals surface area contributed by atoms with Crippen LogP contribution in [0.1, 0.15) is 0 Å². The van der Waals surface area contributed by atoms with Gasteiger partial charge in [0.05, 0.1) is 19.2 Å². The third kappa shape index (κ3) is 3.38. The summed E-state index contributed by atoms with van der Waals surface area (Å²) in [4.78, 5) is 1.25. The summed E-state index contributed by atoms with van der Waals surface area (Å²) in [5.41, 5.74) is 0. The van der Waals surface area contributed by atoms with Crippen LogP contribution in [0.25, 0.3) is 0 Å². The zero-order chi connectivity index (χ0) is 8.93. The average Bonchev–Trinajstić information content (AvgIpc) is 2.98. The van der Waals surface area contributed by atoms with Crippen LogP contribution in [0.2, 0.25) is 0 Å². The third-order valence-electron chi connectivity index (χ3n) is 1.76. The van der Waals surface area contributed by atoms with Crippen LogP contribution in [0.4, 0.5) is 0 Å². The minimum Gasteiger partial charge on any atom is -0.371 e. The second-order valence-corrected chi connectivity index (χ2v) is 3.90. The number of hydrogen-bond acceptors (Lipinski definition) is 3. The quantitative estimate of drug-likeness (QED) is 0.312. The lowest BCUT2D eigenvalue weighted by Gasteiger charge is -2.01. The van der Waals surface area contributed by atoms with Crippen LogP contribution in [0, 0.1) is 0 Å². The van der Waals surface area contributed by atoms with Crippen LogP contribution >= 0.6 is 11.8 Å². The van der Waals surface area contributed by atoms with Gasteiger partial charge in [0.15, 0.2) is 0 Å². The molecular weight excluding hydrogens is 184 g/mol. The summed E-state index contributed by atoms with van der Waals surface area (Å²) < 4.78 is 10.4. The second kappa shape index (κ2) is 4.65. The predicted octanol–water partition coefficient (Wildman–Crippen LogP) is 2.15. The first-order chi connectivity index (χ1) is 6.45. The minimum absolute atomic E-state index is 0.372. The monoisotopic (exact) mass is 196 g/mol. The molecule has 1 heterocycles. The molecule has 2 nitrogen and oxygen atoms in total. The summed E-state index contributed by atoms with van der Waals surface area (Å²) in [5, 5.41) is 0. The molecule has 0 aromatic heterocycles. The Labute approximate surface area is 82.2 Å². The van der Waals surface area contributed by atoms with E-state index < -0.39 is 0 Å². The Morgan fingerprint density at radius 1 is 1.38 bits per heavy atom. The van der Waals surface area contributed by atoms with Gasteiger partial charge in [-0.15, -0.1) is 0 Å². The van der Waals surface area contributed by atoms with E-state index in [4.69, 9.17) is 9.47 Å². The fraction of sp³-hybridized carbons (Fsp3) is 0.400. The van der Waals surface area contributed by atoms with Gasteiger partial charge in [0.25, 0.3) is 0 Å². The highest BCUT2D eigenvalue weighted by atomic mass is 32.2. The smallest absolute Gasteiger partial charge is 0.104 e. The highest BCUT2D eigenvalue weighted by Gasteiger charge is 2.21. The lowest BCUT2D eigenvalue weighted by atomic mass is 10.4. The Bertz CT molecular complexity index is 246. The lowest BCUT2D eigenvalue weighted by Crippen LogP contribution is -1.99. The van der Waals surface area contributed by atoms with Gasteiger partial charge in [-0.25, -0.2) is 0 Å². The summed E-state index contributed by atoms with van der Waals surface area (Å²) in [7, 11) is 0. The Balaban J connectivity index is 1.61. The molecule has 0 amide bonds. The van der Waals surface area contributed by atoms with Gasteiger partial charge in [-0.05, 0) is 12.1 Å². The molecule has 1 aliphatic heterocycles. The zero-order valence-electron chi connectivity index (χ0n) is 7.31. The molecule has 0 saturated carbocycles. The third-order valence-corrected chi connectivity index (χ3v) is 2.65. The number of rotatable bonds is 5. The number of epoxide rings is 1. The molecule has 1 fully saturated rings. The predicted molar refractivity (Wildman–Crippen MR) is 52.9 cm³/mol. The van der Waals surface area contributed by atoms with Crippen molar-refractivity contribution in [2.24, 2.45) is 0 Å². The van der Waals surface area contributed by atoms with E-state index >= 15 is 0 Å². The Morgan fingerprint density at radius 3 is 2.85 bits per heavy atom. The standard InChI is InChI=1S/C10H12O2S/c1-2-4-10(5-3-1)13-8-11-6-9-7-12-9/h1-5,9H,6-8H2/t9-/m1/s1. The first kappa shape index (κ1) is 9.06. The molecule has 1 aromatic carbocycles. The van der Waals surface area contributed by atoms with Gasteiger partial charge in [0, 0.05) is 4.90 Å². The topological polar surface area (TPSA) is 21.8 Å². The molecule has 1 saturated heterocycles. The number of ether oxygens (including phenoxy) is 2. The van der Waals surface area contributed by atoms with Crippen molar-refractivity contribution in [2.75, 3.05) is 19.2 Å². The number of thioether (sulfide) groups is 1. The Morgan fingerprint density at radius 2 is 2.15 bits per heavy atom. The van der Waals surface area contributed by atoms with E-state index in [1.54, 1.807) is 11.8 Å². The van der Waals surface area contributed by atoms with Gasteiger partial charge in [-0.1, -0.05) is 30.0 Å². The van der Waals surface area contributed by atoms with Crippen LogP contribution in [0.15, 0.2) is 35.2 Å². The van der Waals surface area contributed by atoms with E-state index in [1.807, 2.05) is 18.2 Å². The molecule has 1 aliphatic rings. The fourth-order valence-corrected chi connectivity index (χ4v) is 1.64. The van der Waals surface area contributed by atoms with Crippen molar-refractivity contribution in [3.05, 3.63) is 30.3 Å². The minimum atomic E-state index is 0.372. The molecule has 3 heteroatoms. The molecule has 2 rings (SSSR count). The fourth-order valence-electron chi connectivity index (χ4n) is 0.970. The van der Waals surface area contributed by atoms with E-state index in [1.165, 1.54) is 4.90 Å². The maximum absolute atomic E-state index is 5.40. The van der Waals surface area contributed by atoms with Gasteiger partial charge in [-0.2, -0.15) is 0 Å². The van der Waals surface area contributed by atoms with E-state index in [-0.39, 0.29) is 0 Å². The number of benzene rings is 1. The molecule has 1 atom stereocenters. The molecule has 0 spiro atoms. The summed E-state index contributed by atoms with van der Waals surface area (Å²) in [6.45, 7) is 1.61. The van der Waals surface area contributed by atoms with Crippen LogP contribution in [-0.2, 0) is 9.47 Å².